The Balaban J connectivity index is 1.70. The van der Waals surface area contributed by atoms with Crippen molar-refractivity contribution in [1.29, 1.82) is 0 Å². The third-order valence-electron chi connectivity index (χ3n) is 4.43. The number of aryl methyl sites for hydroxylation is 1. The summed E-state index contributed by atoms with van der Waals surface area (Å²) in [7, 11) is 0. The fraction of sp³-hybridized carbons (Fsp3) is 0.368. The number of rotatable bonds is 4. The lowest BCUT2D eigenvalue weighted by atomic mass is 9.95. The normalized spacial score (nSPS) is 15.0. The van der Waals surface area contributed by atoms with Gasteiger partial charge in [-0.05, 0) is 49.6 Å². The van der Waals surface area contributed by atoms with Crippen molar-refractivity contribution in [3.8, 4) is 0 Å². The van der Waals surface area contributed by atoms with Crippen LogP contribution in [-0.2, 0) is 0 Å². The molecule has 0 saturated heterocycles. The van der Waals surface area contributed by atoms with Gasteiger partial charge >= 0.3 is 0 Å². The second-order valence-corrected chi connectivity index (χ2v) is 6.27. The molecular formula is C19H22N2O3. The Morgan fingerprint density at radius 1 is 1.08 bits per heavy atom. The van der Waals surface area contributed by atoms with Gasteiger partial charge in [0.15, 0.2) is 5.76 Å². The molecule has 2 aromatic rings. The van der Waals surface area contributed by atoms with Gasteiger partial charge < -0.3 is 15.1 Å². The van der Waals surface area contributed by atoms with Crippen LogP contribution < -0.4 is 10.6 Å². The van der Waals surface area contributed by atoms with E-state index in [9.17, 15) is 9.59 Å². The summed E-state index contributed by atoms with van der Waals surface area (Å²) in [4.78, 5) is 24.6. The van der Waals surface area contributed by atoms with E-state index < -0.39 is 0 Å². The molecule has 0 atom stereocenters. The van der Waals surface area contributed by atoms with Gasteiger partial charge in [0.05, 0.1) is 6.26 Å². The molecule has 1 aliphatic rings. The van der Waals surface area contributed by atoms with E-state index in [0.29, 0.717) is 11.3 Å². The highest BCUT2D eigenvalue weighted by Gasteiger charge is 2.18. The monoisotopic (exact) mass is 326 g/mol. The van der Waals surface area contributed by atoms with Crippen LogP contribution in [0.1, 0.15) is 58.6 Å². The molecule has 1 aliphatic carbocycles. The summed E-state index contributed by atoms with van der Waals surface area (Å²) in [6.45, 7) is 1.89. The first kappa shape index (κ1) is 16.3. The number of benzene rings is 1. The average molecular weight is 326 g/mol. The largest absolute Gasteiger partial charge is 0.459 e. The van der Waals surface area contributed by atoms with Gasteiger partial charge in [0.25, 0.3) is 11.8 Å². The minimum absolute atomic E-state index is 0.0876. The summed E-state index contributed by atoms with van der Waals surface area (Å²) in [5.74, 6) is -0.171. The van der Waals surface area contributed by atoms with Crippen LogP contribution >= 0.6 is 0 Å². The molecule has 5 nitrogen and oxygen atoms in total. The molecule has 2 N–H and O–H groups in total. The van der Waals surface area contributed by atoms with Crippen molar-refractivity contribution >= 4 is 17.5 Å². The summed E-state index contributed by atoms with van der Waals surface area (Å²) in [5, 5.41) is 5.89. The predicted molar refractivity (Wildman–Crippen MR) is 92.2 cm³/mol. The molecule has 2 amide bonds. The van der Waals surface area contributed by atoms with E-state index in [1.54, 1.807) is 24.3 Å². The average Bonchev–Trinajstić information content (AvgIpc) is 3.12. The Labute approximate surface area is 141 Å². The molecular weight excluding hydrogens is 304 g/mol. The maximum absolute atomic E-state index is 12.4. The summed E-state index contributed by atoms with van der Waals surface area (Å²) < 4.78 is 5.09. The quantitative estimate of drug-likeness (QED) is 0.895. The zero-order chi connectivity index (χ0) is 16.9. The zero-order valence-electron chi connectivity index (χ0n) is 13.8. The van der Waals surface area contributed by atoms with Gasteiger partial charge in [-0.25, -0.2) is 0 Å². The van der Waals surface area contributed by atoms with Crippen LogP contribution in [0.4, 0.5) is 5.69 Å². The Bertz CT molecular complexity index is 716. The first-order chi connectivity index (χ1) is 11.6. The molecule has 3 rings (SSSR count). The van der Waals surface area contributed by atoms with Crippen molar-refractivity contribution in [1.82, 2.24) is 5.32 Å². The van der Waals surface area contributed by atoms with Crippen LogP contribution in [0.5, 0.6) is 0 Å². The first-order valence-corrected chi connectivity index (χ1v) is 8.40. The smallest absolute Gasteiger partial charge is 0.291 e. The molecule has 0 unspecified atom stereocenters. The molecule has 0 aliphatic heterocycles. The van der Waals surface area contributed by atoms with E-state index in [4.69, 9.17) is 4.42 Å². The molecule has 1 heterocycles. The fourth-order valence-corrected chi connectivity index (χ4v) is 3.01. The minimum Gasteiger partial charge on any atom is -0.459 e. The van der Waals surface area contributed by atoms with Gasteiger partial charge in [-0.1, -0.05) is 25.3 Å². The molecule has 0 bridgehead atoms. The molecule has 0 radical (unpaired) electrons. The van der Waals surface area contributed by atoms with E-state index in [0.717, 1.165) is 18.4 Å². The van der Waals surface area contributed by atoms with Gasteiger partial charge in [-0.3, -0.25) is 9.59 Å². The highest BCUT2D eigenvalue weighted by Crippen LogP contribution is 2.20. The van der Waals surface area contributed by atoms with Crippen LogP contribution in [0.3, 0.4) is 0 Å². The first-order valence-electron chi connectivity index (χ1n) is 8.40. The fourth-order valence-electron chi connectivity index (χ4n) is 3.01. The number of furan rings is 1. The zero-order valence-corrected chi connectivity index (χ0v) is 13.8. The molecule has 1 saturated carbocycles. The topological polar surface area (TPSA) is 71.3 Å². The SMILES string of the molecule is Cc1ccc(C(=O)NC2CCCCC2)cc1NC(=O)c1ccco1. The second-order valence-electron chi connectivity index (χ2n) is 6.27. The van der Waals surface area contributed by atoms with Crippen molar-refractivity contribution in [3.05, 3.63) is 53.5 Å². The lowest BCUT2D eigenvalue weighted by molar-refractivity contribution is 0.0926. The van der Waals surface area contributed by atoms with E-state index in [1.165, 1.54) is 25.5 Å². The predicted octanol–water partition coefficient (Wildman–Crippen LogP) is 3.90. The molecule has 24 heavy (non-hydrogen) atoms. The van der Waals surface area contributed by atoms with Crippen LogP contribution in [0, 0.1) is 6.92 Å². The van der Waals surface area contributed by atoms with E-state index >= 15 is 0 Å². The van der Waals surface area contributed by atoms with E-state index in [-0.39, 0.29) is 23.6 Å². The van der Waals surface area contributed by atoms with Gasteiger partial charge in [0, 0.05) is 17.3 Å². The van der Waals surface area contributed by atoms with Gasteiger partial charge in [0.2, 0.25) is 0 Å². The van der Waals surface area contributed by atoms with Crippen molar-refractivity contribution < 1.29 is 14.0 Å². The summed E-state index contributed by atoms with van der Waals surface area (Å²) in [6.07, 6.45) is 7.13. The number of nitrogens with one attached hydrogen (secondary N) is 2. The maximum atomic E-state index is 12.4. The molecule has 126 valence electrons. The van der Waals surface area contributed by atoms with Crippen molar-refractivity contribution in [2.75, 3.05) is 5.32 Å². The number of amides is 2. The number of carbonyl (C=O) groups excluding carboxylic acids is 2. The van der Waals surface area contributed by atoms with Crippen molar-refractivity contribution in [3.63, 3.8) is 0 Å². The Hall–Kier alpha value is -2.56. The van der Waals surface area contributed by atoms with Gasteiger partial charge in [-0.2, -0.15) is 0 Å². The lowest BCUT2D eigenvalue weighted by Crippen LogP contribution is -2.36. The Morgan fingerprint density at radius 3 is 2.58 bits per heavy atom. The maximum Gasteiger partial charge on any atom is 0.291 e. The Morgan fingerprint density at radius 2 is 1.88 bits per heavy atom. The van der Waals surface area contributed by atoms with Crippen LogP contribution in [-0.4, -0.2) is 17.9 Å². The summed E-state index contributed by atoms with van der Waals surface area (Å²) in [5.41, 5.74) is 2.07. The highest BCUT2D eigenvalue weighted by molar-refractivity contribution is 6.03. The third-order valence-corrected chi connectivity index (χ3v) is 4.43. The molecule has 5 heteroatoms. The lowest BCUT2D eigenvalue weighted by Gasteiger charge is -2.23. The number of hydrogen-bond donors (Lipinski definition) is 2. The highest BCUT2D eigenvalue weighted by atomic mass is 16.3. The number of anilines is 1. The number of carbonyl (C=O) groups is 2. The molecule has 1 fully saturated rings. The standard InChI is InChI=1S/C19H22N2O3/c1-13-9-10-14(18(22)20-15-6-3-2-4-7-15)12-16(13)21-19(23)17-8-5-11-24-17/h5,8-12,15H,2-4,6-7H2,1H3,(H,20,22)(H,21,23). The second kappa shape index (κ2) is 7.34. The summed E-state index contributed by atoms with van der Waals surface area (Å²) in [6, 6.07) is 8.87. The molecule has 0 spiro atoms. The van der Waals surface area contributed by atoms with Crippen LogP contribution in [0.2, 0.25) is 0 Å². The van der Waals surface area contributed by atoms with Crippen molar-refractivity contribution in [2.45, 2.75) is 45.1 Å². The van der Waals surface area contributed by atoms with Gasteiger partial charge in [-0.15, -0.1) is 0 Å². The van der Waals surface area contributed by atoms with Crippen LogP contribution in [0.15, 0.2) is 41.0 Å². The number of hydrogen-bond acceptors (Lipinski definition) is 3. The van der Waals surface area contributed by atoms with E-state index in [2.05, 4.69) is 10.6 Å². The molecule has 1 aromatic heterocycles. The summed E-state index contributed by atoms with van der Waals surface area (Å²) >= 11 is 0. The minimum atomic E-state index is -0.326. The van der Waals surface area contributed by atoms with E-state index in [1.807, 2.05) is 13.0 Å². The third kappa shape index (κ3) is 3.85. The van der Waals surface area contributed by atoms with Gasteiger partial charge in [0.1, 0.15) is 0 Å². The Kier molecular flexibility index (Phi) is 4.99. The van der Waals surface area contributed by atoms with Crippen LogP contribution in [0.25, 0.3) is 0 Å². The molecule has 1 aromatic carbocycles. The van der Waals surface area contributed by atoms with Crippen molar-refractivity contribution in [2.24, 2.45) is 0 Å².